The van der Waals surface area contributed by atoms with Crippen molar-refractivity contribution >= 4 is 29.8 Å². The first-order valence-electron chi connectivity index (χ1n) is 8.22. The molecule has 2 N–H and O–H groups in total. The summed E-state index contributed by atoms with van der Waals surface area (Å²) in [6.07, 6.45) is 3.89. The highest BCUT2D eigenvalue weighted by Crippen LogP contribution is 2.18. The van der Waals surface area contributed by atoms with E-state index in [2.05, 4.69) is 10.6 Å². The zero-order valence-corrected chi connectivity index (χ0v) is 14.1. The quantitative estimate of drug-likeness (QED) is 0.668. The van der Waals surface area contributed by atoms with E-state index < -0.39 is 11.9 Å². The van der Waals surface area contributed by atoms with Gasteiger partial charge in [0.15, 0.2) is 0 Å². The van der Waals surface area contributed by atoms with E-state index >= 15 is 0 Å². The lowest BCUT2D eigenvalue weighted by molar-refractivity contribution is 0.0967. The van der Waals surface area contributed by atoms with Crippen molar-refractivity contribution in [3.8, 4) is 0 Å². The molecule has 0 radical (unpaired) electrons. The Kier molecular flexibility index (Phi) is 5.58. The largest absolute Gasteiger partial charge is 0.326 e. The van der Waals surface area contributed by atoms with Crippen LogP contribution in [0.4, 0.5) is 10.5 Å². The van der Waals surface area contributed by atoms with Gasteiger partial charge in [-0.25, -0.2) is 4.79 Å². The fourth-order valence-electron chi connectivity index (χ4n) is 2.42. The number of hydrogen-bond acceptors (Lipinski definition) is 2. The third kappa shape index (κ3) is 4.68. The number of urea groups is 1. The van der Waals surface area contributed by atoms with E-state index in [0.29, 0.717) is 11.3 Å². The molecule has 4 nitrogen and oxygen atoms in total. The summed E-state index contributed by atoms with van der Waals surface area (Å²) in [5.41, 5.74) is 2.96. The van der Waals surface area contributed by atoms with Crippen LogP contribution < -0.4 is 10.6 Å². The average Bonchev–Trinajstić information content (AvgIpc) is 2.68. The molecule has 0 spiro atoms. The second-order valence-electron chi connectivity index (χ2n) is 5.61. The zero-order chi connectivity index (χ0) is 18.2. The molecule has 128 valence electrons. The summed E-state index contributed by atoms with van der Waals surface area (Å²) in [5, 5.41) is 5.06. The van der Waals surface area contributed by atoms with Gasteiger partial charge in [0.05, 0.1) is 0 Å². The third-order valence-corrected chi connectivity index (χ3v) is 3.73. The fourth-order valence-corrected chi connectivity index (χ4v) is 2.42. The summed E-state index contributed by atoms with van der Waals surface area (Å²) in [6.45, 7) is 0. The standard InChI is InChI=1S/C22H18N2O2/c25-21(19-12-5-2-6-13-19)24-22(26)23-20-14-8-7-11-18(20)16-15-17-9-3-1-4-10-17/h1-16H,(H2,23,24,25,26). The summed E-state index contributed by atoms with van der Waals surface area (Å²) < 4.78 is 0. The Morgan fingerprint density at radius 1 is 0.692 bits per heavy atom. The second kappa shape index (κ2) is 8.44. The highest BCUT2D eigenvalue weighted by molar-refractivity contribution is 6.08. The Bertz CT molecular complexity index is 919. The minimum Gasteiger partial charge on any atom is -0.307 e. The molecule has 3 amide bonds. The molecule has 0 heterocycles. The lowest BCUT2D eigenvalue weighted by atomic mass is 10.1. The molecule has 0 saturated heterocycles. The van der Waals surface area contributed by atoms with Crippen LogP contribution in [0.25, 0.3) is 12.2 Å². The minimum absolute atomic E-state index is 0.430. The molecule has 0 saturated carbocycles. The van der Waals surface area contributed by atoms with Gasteiger partial charge in [0.25, 0.3) is 5.91 Å². The molecule has 0 aliphatic heterocycles. The van der Waals surface area contributed by atoms with Crippen molar-refractivity contribution in [2.45, 2.75) is 0 Å². The first kappa shape index (κ1) is 17.2. The van der Waals surface area contributed by atoms with Crippen molar-refractivity contribution in [1.29, 1.82) is 0 Å². The summed E-state index contributed by atoms with van der Waals surface area (Å²) >= 11 is 0. The van der Waals surface area contributed by atoms with Crippen LogP contribution in [0.5, 0.6) is 0 Å². The number of rotatable bonds is 4. The van der Waals surface area contributed by atoms with E-state index in [1.807, 2.05) is 66.7 Å². The van der Waals surface area contributed by atoms with Gasteiger partial charge in [0, 0.05) is 11.3 Å². The summed E-state index contributed by atoms with van der Waals surface area (Å²) in [5.74, 6) is -0.444. The maximum atomic E-state index is 12.2. The van der Waals surface area contributed by atoms with Gasteiger partial charge in [-0.1, -0.05) is 78.9 Å². The molecular weight excluding hydrogens is 324 g/mol. The first-order valence-corrected chi connectivity index (χ1v) is 8.22. The van der Waals surface area contributed by atoms with Crippen LogP contribution in [0.3, 0.4) is 0 Å². The molecule has 0 aromatic heterocycles. The molecule has 0 aliphatic rings. The zero-order valence-electron chi connectivity index (χ0n) is 14.1. The highest BCUT2D eigenvalue weighted by atomic mass is 16.2. The van der Waals surface area contributed by atoms with Gasteiger partial charge in [-0.05, 0) is 29.3 Å². The van der Waals surface area contributed by atoms with Crippen molar-refractivity contribution in [1.82, 2.24) is 5.32 Å². The van der Waals surface area contributed by atoms with Gasteiger partial charge in [-0.15, -0.1) is 0 Å². The summed E-state index contributed by atoms with van der Waals surface area (Å²) in [4.78, 5) is 24.2. The SMILES string of the molecule is O=C(NC(=O)c1ccccc1)Nc1ccccc1C=Cc1ccccc1. The van der Waals surface area contributed by atoms with Crippen LogP contribution in [0, 0.1) is 0 Å². The molecular formula is C22H18N2O2. The van der Waals surface area contributed by atoms with E-state index in [4.69, 9.17) is 0 Å². The molecule has 0 aliphatic carbocycles. The van der Waals surface area contributed by atoms with Gasteiger partial charge in [-0.2, -0.15) is 0 Å². The van der Waals surface area contributed by atoms with Gasteiger partial charge in [-0.3, -0.25) is 10.1 Å². The van der Waals surface area contributed by atoms with Crippen LogP contribution in [-0.2, 0) is 0 Å². The summed E-state index contributed by atoms with van der Waals surface area (Å²) in [6, 6.07) is 25.3. The minimum atomic E-state index is -0.570. The van der Waals surface area contributed by atoms with Crippen molar-refractivity contribution in [2.75, 3.05) is 5.32 Å². The van der Waals surface area contributed by atoms with Crippen LogP contribution in [0.15, 0.2) is 84.9 Å². The smallest absolute Gasteiger partial charge is 0.307 e. The van der Waals surface area contributed by atoms with Crippen molar-refractivity contribution in [3.05, 3.63) is 102 Å². The number of amides is 3. The second-order valence-corrected chi connectivity index (χ2v) is 5.61. The van der Waals surface area contributed by atoms with Crippen LogP contribution in [0.1, 0.15) is 21.5 Å². The van der Waals surface area contributed by atoms with Gasteiger partial charge < -0.3 is 5.32 Å². The third-order valence-electron chi connectivity index (χ3n) is 3.73. The molecule has 0 unspecified atom stereocenters. The van der Waals surface area contributed by atoms with Crippen LogP contribution in [0.2, 0.25) is 0 Å². The van der Waals surface area contributed by atoms with Crippen LogP contribution in [-0.4, -0.2) is 11.9 Å². The summed E-state index contributed by atoms with van der Waals surface area (Å²) in [7, 11) is 0. The predicted molar refractivity (Wildman–Crippen MR) is 105 cm³/mol. The van der Waals surface area contributed by atoms with Crippen LogP contribution >= 0.6 is 0 Å². The number of anilines is 1. The van der Waals surface area contributed by atoms with Gasteiger partial charge in [0.1, 0.15) is 0 Å². The molecule has 3 rings (SSSR count). The van der Waals surface area contributed by atoms with Gasteiger partial charge in [0.2, 0.25) is 0 Å². The fraction of sp³-hybridized carbons (Fsp3) is 0. The molecule has 3 aromatic carbocycles. The lowest BCUT2D eigenvalue weighted by Crippen LogP contribution is -2.34. The number of hydrogen-bond donors (Lipinski definition) is 2. The number of para-hydroxylation sites is 1. The Labute approximate surface area is 152 Å². The normalized spacial score (nSPS) is 10.5. The number of carbonyl (C=O) groups excluding carboxylic acids is 2. The molecule has 26 heavy (non-hydrogen) atoms. The Morgan fingerprint density at radius 3 is 2.04 bits per heavy atom. The maximum absolute atomic E-state index is 12.2. The molecule has 0 fully saturated rings. The topological polar surface area (TPSA) is 58.2 Å². The first-order chi connectivity index (χ1) is 12.7. The van der Waals surface area contributed by atoms with Gasteiger partial charge >= 0.3 is 6.03 Å². The van der Waals surface area contributed by atoms with Crippen molar-refractivity contribution < 1.29 is 9.59 Å². The van der Waals surface area contributed by atoms with E-state index in [0.717, 1.165) is 11.1 Å². The lowest BCUT2D eigenvalue weighted by Gasteiger charge is -2.09. The van der Waals surface area contributed by atoms with E-state index in [-0.39, 0.29) is 0 Å². The average molecular weight is 342 g/mol. The number of imide groups is 1. The maximum Gasteiger partial charge on any atom is 0.326 e. The Hall–Kier alpha value is -3.66. The highest BCUT2D eigenvalue weighted by Gasteiger charge is 2.10. The molecule has 3 aromatic rings. The number of benzene rings is 3. The Morgan fingerprint density at radius 2 is 1.31 bits per heavy atom. The molecule has 0 bridgehead atoms. The van der Waals surface area contributed by atoms with E-state index in [1.54, 1.807) is 30.3 Å². The van der Waals surface area contributed by atoms with E-state index in [9.17, 15) is 9.59 Å². The molecule has 0 atom stereocenters. The molecule has 4 heteroatoms. The number of carbonyl (C=O) groups is 2. The number of nitrogens with one attached hydrogen (secondary N) is 2. The van der Waals surface area contributed by atoms with Crippen molar-refractivity contribution in [3.63, 3.8) is 0 Å². The Balaban J connectivity index is 1.69. The predicted octanol–water partition coefficient (Wildman–Crippen LogP) is 4.82. The monoisotopic (exact) mass is 342 g/mol. The van der Waals surface area contributed by atoms with Crippen molar-refractivity contribution in [2.24, 2.45) is 0 Å². The van der Waals surface area contributed by atoms with E-state index in [1.165, 1.54) is 0 Å².